The van der Waals surface area contributed by atoms with Crippen LogP contribution in [0.2, 0.25) is 0 Å². The lowest BCUT2D eigenvalue weighted by Crippen LogP contribution is -2.35. The number of aromatic nitrogens is 1. The van der Waals surface area contributed by atoms with Crippen molar-refractivity contribution in [1.29, 1.82) is 0 Å². The summed E-state index contributed by atoms with van der Waals surface area (Å²) in [6.45, 7) is 1.47. The van der Waals surface area contributed by atoms with E-state index in [4.69, 9.17) is 0 Å². The number of hydrogen-bond acceptors (Lipinski definition) is 4. The Bertz CT molecular complexity index is 1240. The second-order valence-corrected chi connectivity index (χ2v) is 7.34. The second kappa shape index (κ2) is 9.60. The van der Waals surface area contributed by atoms with Gasteiger partial charge in [0.2, 0.25) is 0 Å². The number of nitro benzene ring substituents is 1. The maximum absolute atomic E-state index is 13.6. The summed E-state index contributed by atoms with van der Waals surface area (Å²) < 4.78 is 79.7. The minimum absolute atomic E-state index is 0.0250. The van der Waals surface area contributed by atoms with Crippen LogP contribution in [0, 0.1) is 17.0 Å². The summed E-state index contributed by atoms with van der Waals surface area (Å²) in [6.07, 6.45) is -8.50. The molecule has 1 heterocycles. The van der Waals surface area contributed by atoms with Crippen molar-refractivity contribution < 1.29 is 36.1 Å². The standard InChI is InChI=1S/C22H16F6N4O3/c1-12-4-9-15(11-17(12)32(34)35)30-20(33)31-18(13-5-7-14(8-6-13)21(23,24)25)19-16(22(26,27)28)3-2-10-29-19/h2-11,18H,1H3,(H2,30,31,33). The minimum atomic E-state index is -4.87. The number of alkyl halides is 6. The van der Waals surface area contributed by atoms with Crippen molar-refractivity contribution in [2.45, 2.75) is 25.3 Å². The van der Waals surface area contributed by atoms with Gasteiger partial charge in [0, 0.05) is 23.5 Å². The van der Waals surface area contributed by atoms with E-state index in [1.807, 2.05) is 0 Å². The first kappa shape index (κ1) is 25.5. The van der Waals surface area contributed by atoms with E-state index in [-0.39, 0.29) is 16.9 Å². The highest BCUT2D eigenvalue weighted by atomic mass is 19.4. The maximum Gasteiger partial charge on any atom is 0.418 e. The number of urea groups is 1. The molecule has 0 aliphatic rings. The van der Waals surface area contributed by atoms with Crippen LogP contribution in [0.5, 0.6) is 0 Å². The fraction of sp³-hybridized carbons (Fsp3) is 0.182. The Morgan fingerprint density at radius 2 is 1.66 bits per heavy atom. The molecule has 0 aliphatic carbocycles. The third-order valence-electron chi connectivity index (χ3n) is 4.93. The maximum atomic E-state index is 13.6. The average molecular weight is 498 g/mol. The predicted molar refractivity (Wildman–Crippen MR) is 113 cm³/mol. The van der Waals surface area contributed by atoms with Gasteiger partial charge < -0.3 is 10.6 Å². The van der Waals surface area contributed by atoms with E-state index in [0.29, 0.717) is 17.7 Å². The predicted octanol–water partition coefficient (Wildman–Crippen LogP) is 6.25. The molecule has 0 saturated heterocycles. The summed E-state index contributed by atoms with van der Waals surface area (Å²) in [7, 11) is 0. The van der Waals surface area contributed by atoms with Crippen molar-refractivity contribution in [3.63, 3.8) is 0 Å². The SMILES string of the molecule is Cc1ccc(NC(=O)NC(c2ccc(C(F)(F)F)cc2)c2ncccc2C(F)(F)F)cc1[N+](=O)[O-]. The summed E-state index contributed by atoms with van der Waals surface area (Å²) in [5, 5.41) is 15.7. The van der Waals surface area contributed by atoms with Gasteiger partial charge in [-0.3, -0.25) is 15.1 Å². The van der Waals surface area contributed by atoms with E-state index in [2.05, 4.69) is 15.6 Å². The smallest absolute Gasteiger partial charge is 0.325 e. The summed E-state index contributed by atoms with van der Waals surface area (Å²) in [4.78, 5) is 26.8. The molecular weight excluding hydrogens is 482 g/mol. The Labute approximate surface area is 193 Å². The molecule has 2 aromatic carbocycles. The molecule has 13 heteroatoms. The van der Waals surface area contributed by atoms with Crippen LogP contribution in [0.25, 0.3) is 0 Å². The highest BCUT2D eigenvalue weighted by Crippen LogP contribution is 2.36. The number of amides is 2. The molecule has 0 radical (unpaired) electrons. The lowest BCUT2D eigenvalue weighted by atomic mass is 9.98. The minimum Gasteiger partial charge on any atom is -0.325 e. The molecule has 184 valence electrons. The Hall–Kier alpha value is -4.16. The largest absolute Gasteiger partial charge is 0.418 e. The van der Waals surface area contributed by atoms with Crippen LogP contribution in [0.15, 0.2) is 60.8 Å². The van der Waals surface area contributed by atoms with Crippen LogP contribution >= 0.6 is 0 Å². The van der Waals surface area contributed by atoms with Crippen LogP contribution < -0.4 is 10.6 Å². The number of nitrogens with zero attached hydrogens (tertiary/aromatic N) is 2. The van der Waals surface area contributed by atoms with Crippen molar-refractivity contribution in [2.24, 2.45) is 0 Å². The van der Waals surface area contributed by atoms with Crippen LogP contribution in [-0.4, -0.2) is 15.9 Å². The number of halogens is 6. The number of nitro groups is 1. The number of carbonyl (C=O) groups excluding carboxylic acids is 1. The molecule has 2 amide bonds. The summed E-state index contributed by atoms with van der Waals surface area (Å²) in [5.74, 6) is 0. The van der Waals surface area contributed by atoms with E-state index in [0.717, 1.165) is 36.5 Å². The number of anilines is 1. The summed E-state index contributed by atoms with van der Waals surface area (Å²) >= 11 is 0. The molecule has 35 heavy (non-hydrogen) atoms. The summed E-state index contributed by atoms with van der Waals surface area (Å²) in [5.41, 5.74) is -3.00. The number of carbonyl (C=O) groups is 1. The lowest BCUT2D eigenvalue weighted by molar-refractivity contribution is -0.385. The van der Waals surface area contributed by atoms with Gasteiger partial charge in [-0.15, -0.1) is 0 Å². The van der Waals surface area contributed by atoms with Crippen molar-refractivity contribution >= 4 is 17.4 Å². The quantitative estimate of drug-likeness (QED) is 0.247. The molecule has 0 spiro atoms. The molecule has 0 saturated carbocycles. The second-order valence-electron chi connectivity index (χ2n) is 7.34. The van der Waals surface area contributed by atoms with Gasteiger partial charge in [-0.1, -0.05) is 18.2 Å². The van der Waals surface area contributed by atoms with E-state index in [1.165, 1.54) is 19.1 Å². The fourth-order valence-electron chi connectivity index (χ4n) is 3.24. The third kappa shape index (κ3) is 6.05. The van der Waals surface area contributed by atoms with Gasteiger partial charge in [0.05, 0.1) is 27.8 Å². The van der Waals surface area contributed by atoms with Crippen molar-refractivity contribution in [1.82, 2.24) is 10.3 Å². The van der Waals surface area contributed by atoms with Crippen molar-refractivity contribution in [2.75, 3.05) is 5.32 Å². The van der Waals surface area contributed by atoms with Gasteiger partial charge >= 0.3 is 18.4 Å². The number of rotatable bonds is 5. The first-order chi connectivity index (χ1) is 16.3. The van der Waals surface area contributed by atoms with Crippen LogP contribution in [0.1, 0.15) is 34.0 Å². The van der Waals surface area contributed by atoms with E-state index in [1.54, 1.807) is 0 Å². The molecule has 0 bridgehead atoms. The molecule has 1 unspecified atom stereocenters. The number of hydrogen-bond donors (Lipinski definition) is 2. The van der Waals surface area contributed by atoms with Gasteiger partial charge in [-0.25, -0.2) is 4.79 Å². The van der Waals surface area contributed by atoms with E-state index < -0.39 is 46.2 Å². The lowest BCUT2D eigenvalue weighted by Gasteiger charge is -2.23. The molecule has 0 aliphatic heterocycles. The zero-order chi connectivity index (χ0) is 26.0. The highest BCUT2D eigenvalue weighted by molar-refractivity contribution is 5.90. The van der Waals surface area contributed by atoms with Crippen molar-refractivity contribution in [3.8, 4) is 0 Å². The Morgan fingerprint density at radius 1 is 1.00 bits per heavy atom. The summed E-state index contributed by atoms with van der Waals surface area (Å²) in [6, 6.07) is 6.05. The van der Waals surface area contributed by atoms with Crippen molar-refractivity contribution in [3.05, 3.63) is 98.9 Å². The molecular formula is C22H16F6N4O3. The number of nitrogens with one attached hydrogen (secondary N) is 2. The number of aryl methyl sites for hydroxylation is 1. The van der Waals surface area contributed by atoms with Crippen LogP contribution in [0.3, 0.4) is 0 Å². The molecule has 1 atom stereocenters. The van der Waals surface area contributed by atoms with Crippen LogP contribution in [0.4, 0.5) is 42.5 Å². The van der Waals surface area contributed by atoms with Gasteiger partial charge in [-0.05, 0) is 42.8 Å². The monoisotopic (exact) mass is 498 g/mol. The Kier molecular flexibility index (Phi) is 6.99. The van der Waals surface area contributed by atoms with Gasteiger partial charge in [-0.2, -0.15) is 26.3 Å². The molecule has 2 N–H and O–H groups in total. The normalized spacial score (nSPS) is 12.7. The molecule has 3 aromatic rings. The van der Waals surface area contributed by atoms with E-state index >= 15 is 0 Å². The average Bonchev–Trinajstić information content (AvgIpc) is 2.77. The number of benzene rings is 2. The zero-order valence-corrected chi connectivity index (χ0v) is 17.7. The first-order valence-corrected chi connectivity index (χ1v) is 9.79. The Morgan fingerprint density at radius 3 is 2.23 bits per heavy atom. The molecule has 1 aromatic heterocycles. The van der Waals surface area contributed by atoms with Gasteiger partial charge in [0.15, 0.2) is 0 Å². The third-order valence-corrected chi connectivity index (χ3v) is 4.93. The zero-order valence-electron chi connectivity index (χ0n) is 17.7. The molecule has 3 rings (SSSR count). The molecule has 0 fully saturated rings. The van der Waals surface area contributed by atoms with Gasteiger partial charge in [0.25, 0.3) is 5.69 Å². The number of pyridine rings is 1. The highest BCUT2D eigenvalue weighted by Gasteiger charge is 2.37. The Balaban J connectivity index is 1.99. The topological polar surface area (TPSA) is 97.2 Å². The first-order valence-electron chi connectivity index (χ1n) is 9.79. The van der Waals surface area contributed by atoms with Gasteiger partial charge in [0.1, 0.15) is 0 Å². The molecule has 7 nitrogen and oxygen atoms in total. The fourth-order valence-corrected chi connectivity index (χ4v) is 3.24. The van der Waals surface area contributed by atoms with E-state index in [9.17, 15) is 41.3 Å². The van der Waals surface area contributed by atoms with Crippen LogP contribution in [-0.2, 0) is 12.4 Å².